The van der Waals surface area contributed by atoms with E-state index in [1.54, 1.807) is 38.1 Å². The van der Waals surface area contributed by atoms with Gasteiger partial charge in [0, 0.05) is 5.56 Å². The molecule has 3 nitrogen and oxygen atoms in total. The molecule has 0 saturated carbocycles. The fourth-order valence-corrected chi connectivity index (χ4v) is 2.26. The number of amides is 1. The molecule has 0 radical (unpaired) electrons. The topological polar surface area (TPSA) is 46.5 Å². The molecule has 1 aromatic rings. The molecule has 1 aliphatic carbocycles. The Kier molecular flexibility index (Phi) is 4.21. The van der Waals surface area contributed by atoms with Crippen molar-refractivity contribution in [2.24, 2.45) is 4.99 Å². The molecule has 0 saturated heterocycles. The molecule has 1 amide bonds. The van der Waals surface area contributed by atoms with Crippen LogP contribution in [0.1, 0.15) is 24.2 Å². The highest BCUT2D eigenvalue weighted by molar-refractivity contribution is 6.59. The van der Waals surface area contributed by atoms with E-state index in [1.807, 2.05) is 6.07 Å². The molecule has 0 atom stereocenters. The number of rotatable bonds is 1. The van der Waals surface area contributed by atoms with Gasteiger partial charge in [0.05, 0.1) is 15.8 Å². The van der Waals surface area contributed by atoms with Crippen molar-refractivity contribution in [1.29, 1.82) is 0 Å². The Morgan fingerprint density at radius 3 is 2.00 bits per heavy atom. The van der Waals surface area contributed by atoms with Crippen LogP contribution in [0.15, 0.2) is 56.5 Å². The smallest absolute Gasteiger partial charge is 0.277 e. The summed E-state index contributed by atoms with van der Waals surface area (Å²) in [5.41, 5.74) is 1.74. The average molecular weight is 308 g/mol. The van der Waals surface area contributed by atoms with Gasteiger partial charge in [-0.3, -0.25) is 9.59 Å². The highest BCUT2D eigenvalue weighted by atomic mass is 35.5. The largest absolute Gasteiger partial charge is 0.287 e. The van der Waals surface area contributed by atoms with Crippen LogP contribution in [0.2, 0.25) is 0 Å². The van der Waals surface area contributed by atoms with Gasteiger partial charge in [0.15, 0.2) is 0 Å². The third-order valence-electron chi connectivity index (χ3n) is 3.00. The van der Waals surface area contributed by atoms with Crippen molar-refractivity contribution >= 4 is 40.6 Å². The molecule has 0 aromatic heterocycles. The second-order valence-corrected chi connectivity index (χ2v) is 5.09. The number of hydrogen-bond donors (Lipinski definition) is 0. The average Bonchev–Trinajstić information content (AvgIpc) is 2.48. The predicted molar refractivity (Wildman–Crippen MR) is 80.3 cm³/mol. The summed E-state index contributed by atoms with van der Waals surface area (Å²) < 4.78 is 0. The second kappa shape index (κ2) is 5.73. The first kappa shape index (κ1) is 14.7. The van der Waals surface area contributed by atoms with Crippen molar-refractivity contribution in [1.82, 2.24) is 0 Å². The van der Waals surface area contributed by atoms with E-state index >= 15 is 0 Å². The van der Waals surface area contributed by atoms with Crippen LogP contribution >= 0.6 is 23.2 Å². The minimum Gasteiger partial charge on any atom is -0.287 e. The van der Waals surface area contributed by atoms with Crippen molar-refractivity contribution in [2.45, 2.75) is 13.8 Å². The van der Waals surface area contributed by atoms with Crippen molar-refractivity contribution < 1.29 is 9.59 Å². The van der Waals surface area contributed by atoms with E-state index < -0.39 is 11.7 Å². The van der Waals surface area contributed by atoms with E-state index in [1.165, 1.54) is 0 Å². The summed E-state index contributed by atoms with van der Waals surface area (Å²) in [6, 6.07) is 8.66. The van der Waals surface area contributed by atoms with Crippen LogP contribution in [-0.2, 0) is 4.79 Å². The maximum Gasteiger partial charge on any atom is 0.277 e. The Balaban J connectivity index is 2.49. The fraction of sp³-hybridized carbons (Fsp3) is 0.133. The summed E-state index contributed by atoms with van der Waals surface area (Å²) in [4.78, 5) is 27.9. The van der Waals surface area contributed by atoms with Gasteiger partial charge >= 0.3 is 0 Å². The van der Waals surface area contributed by atoms with Crippen molar-refractivity contribution in [3.05, 3.63) is 57.1 Å². The van der Waals surface area contributed by atoms with Gasteiger partial charge in [-0.1, -0.05) is 41.4 Å². The van der Waals surface area contributed by atoms with Crippen molar-refractivity contribution in [3.63, 3.8) is 0 Å². The summed E-state index contributed by atoms with van der Waals surface area (Å²) in [6.07, 6.45) is 0. The number of halogens is 2. The lowest BCUT2D eigenvalue weighted by molar-refractivity contribution is -0.111. The molecule has 5 heteroatoms. The Morgan fingerprint density at radius 2 is 1.50 bits per heavy atom. The zero-order valence-corrected chi connectivity index (χ0v) is 12.4. The van der Waals surface area contributed by atoms with E-state index in [0.717, 1.165) is 0 Å². The SMILES string of the molecule is CC1=C(Cl)C(=O)C(Cl)=C(C)C1=NC(=O)c1ccccc1. The van der Waals surface area contributed by atoms with Crippen LogP contribution in [0.5, 0.6) is 0 Å². The fourth-order valence-electron chi connectivity index (χ4n) is 1.84. The van der Waals surface area contributed by atoms with E-state index in [-0.39, 0.29) is 10.1 Å². The Bertz CT molecular complexity index is 655. The normalized spacial score (nSPS) is 15.8. The monoisotopic (exact) mass is 307 g/mol. The molecule has 102 valence electrons. The number of allylic oxidation sites excluding steroid dienone is 4. The Labute approximate surface area is 126 Å². The molecule has 20 heavy (non-hydrogen) atoms. The molecular formula is C15H11Cl2NO2. The number of hydrogen-bond acceptors (Lipinski definition) is 2. The molecule has 1 aliphatic rings. The van der Waals surface area contributed by atoms with Gasteiger partial charge in [0.2, 0.25) is 5.78 Å². The van der Waals surface area contributed by atoms with Gasteiger partial charge in [-0.2, -0.15) is 0 Å². The maximum absolute atomic E-state index is 12.1. The quantitative estimate of drug-likeness (QED) is 0.739. The predicted octanol–water partition coefficient (Wildman–Crippen LogP) is 3.88. The highest BCUT2D eigenvalue weighted by Crippen LogP contribution is 2.29. The van der Waals surface area contributed by atoms with Crippen molar-refractivity contribution in [3.8, 4) is 0 Å². The molecule has 0 bridgehead atoms. The third kappa shape index (κ3) is 2.60. The molecule has 2 rings (SSSR count). The van der Waals surface area contributed by atoms with E-state index in [2.05, 4.69) is 4.99 Å². The number of carbonyl (C=O) groups is 2. The lowest BCUT2D eigenvalue weighted by Crippen LogP contribution is -2.19. The molecular weight excluding hydrogens is 297 g/mol. The summed E-state index contributed by atoms with van der Waals surface area (Å²) in [7, 11) is 0. The van der Waals surface area contributed by atoms with Gasteiger partial charge < -0.3 is 0 Å². The van der Waals surface area contributed by atoms with Crippen LogP contribution in [0.3, 0.4) is 0 Å². The Hall–Kier alpha value is -1.71. The van der Waals surface area contributed by atoms with Gasteiger partial charge in [0.1, 0.15) is 0 Å². The minimum atomic E-state index is -0.436. The van der Waals surface area contributed by atoms with Gasteiger partial charge in [-0.25, -0.2) is 4.99 Å². The molecule has 0 fully saturated rings. The zero-order chi connectivity index (χ0) is 14.9. The third-order valence-corrected chi connectivity index (χ3v) is 3.91. The lowest BCUT2D eigenvalue weighted by Gasteiger charge is -2.16. The standard InChI is InChI=1S/C15H11Cl2NO2/c1-8-11(16)14(19)12(17)9(2)13(8)18-15(20)10-6-4-3-5-7-10/h3-7H,1-2H3. The summed E-state index contributed by atoms with van der Waals surface area (Å²) in [6.45, 7) is 3.29. The van der Waals surface area contributed by atoms with E-state index in [9.17, 15) is 9.59 Å². The van der Waals surface area contributed by atoms with Crippen molar-refractivity contribution in [2.75, 3.05) is 0 Å². The van der Waals surface area contributed by atoms with E-state index in [4.69, 9.17) is 23.2 Å². The number of Topliss-reactive ketones (excluding diaryl/α,β-unsaturated/α-hetero) is 1. The highest BCUT2D eigenvalue weighted by Gasteiger charge is 2.27. The van der Waals surface area contributed by atoms with Crippen LogP contribution in [-0.4, -0.2) is 17.4 Å². The maximum atomic E-state index is 12.1. The van der Waals surface area contributed by atoms with Crippen LogP contribution in [0.4, 0.5) is 0 Å². The van der Waals surface area contributed by atoms with Gasteiger partial charge in [-0.15, -0.1) is 0 Å². The van der Waals surface area contributed by atoms with Crippen LogP contribution in [0.25, 0.3) is 0 Å². The van der Waals surface area contributed by atoms with Crippen LogP contribution < -0.4 is 0 Å². The zero-order valence-electron chi connectivity index (χ0n) is 10.9. The first-order valence-electron chi connectivity index (χ1n) is 5.89. The minimum absolute atomic E-state index is 0.000196. The second-order valence-electron chi connectivity index (χ2n) is 4.34. The van der Waals surface area contributed by atoms with Gasteiger partial charge in [0.25, 0.3) is 5.91 Å². The number of aliphatic imine (C=N–C) groups is 1. The number of ketones is 1. The molecule has 0 unspecified atom stereocenters. The number of benzene rings is 1. The summed E-state index contributed by atoms with van der Waals surface area (Å²) in [5.74, 6) is -0.836. The molecule has 0 aliphatic heterocycles. The summed E-state index contributed by atoms with van der Waals surface area (Å²) in [5, 5.41) is 0.000392. The number of nitrogens with zero attached hydrogens (tertiary/aromatic N) is 1. The van der Waals surface area contributed by atoms with Gasteiger partial charge in [-0.05, 0) is 37.1 Å². The van der Waals surface area contributed by atoms with Crippen LogP contribution in [0, 0.1) is 0 Å². The summed E-state index contributed by atoms with van der Waals surface area (Å²) >= 11 is 11.8. The molecule has 0 N–H and O–H groups in total. The number of carbonyl (C=O) groups excluding carboxylic acids is 2. The lowest BCUT2D eigenvalue weighted by atomic mass is 9.96. The first-order chi connectivity index (χ1) is 9.43. The Morgan fingerprint density at radius 1 is 1.00 bits per heavy atom. The van der Waals surface area contributed by atoms with E-state index in [0.29, 0.717) is 22.4 Å². The molecule has 1 aromatic carbocycles. The molecule has 0 spiro atoms. The first-order valence-corrected chi connectivity index (χ1v) is 6.65. The molecule has 0 heterocycles.